The van der Waals surface area contributed by atoms with E-state index in [-0.39, 0.29) is 0 Å². The van der Waals surface area contributed by atoms with Crippen molar-refractivity contribution in [2.24, 2.45) is 5.92 Å². The molecule has 2 heteroatoms. The van der Waals surface area contributed by atoms with E-state index in [0.29, 0.717) is 10.9 Å². The lowest BCUT2D eigenvalue weighted by Gasteiger charge is -1.93. The second kappa shape index (κ2) is 4.89. The first-order valence-corrected chi connectivity index (χ1v) is 4.66. The maximum atomic E-state index is 5.78. The predicted molar refractivity (Wildman–Crippen MR) is 55.6 cm³/mol. The summed E-state index contributed by atoms with van der Waals surface area (Å²) in [6.07, 6.45) is 2.57. The van der Waals surface area contributed by atoms with Crippen LogP contribution in [-0.4, -0.2) is 4.98 Å². The zero-order chi connectivity index (χ0) is 9.68. The molecule has 0 atom stereocenters. The van der Waals surface area contributed by atoms with Gasteiger partial charge >= 0.3 is 0 Å². The van der Waals surface area contributed by atoms with Crippen molar-refractivity contribution in [1.82, 2.24) is 4.98 Å². The molecule has 0 aliphatic heterocycles. The second-order valence-corrected chi connectivity index (χ2v) is 3.70. The second-order valence-electron chi connectivity index (χ2n) is 3.26. The summed E-state index contributed by atoms with van der Waals surface area (Å²) in [5, 5.41) is 0.684. The monoisotopic (exact) mass is 193 g/mol. The minimum Gasteiger partial charge on any atom is -0.248 e. The largest absolute Gasteiger partial charge is 0.248 e. The SMILES string of the molecule is CC(C)CC#Cc1cc(Cl)ccn1. The maximum Gasteiger partial charge on any atom is 0.114 e. The van der Waals surface area contributed by atoms with E-state index < -0.39 is 0 Å². The highest BCUT2D eigenvalue weighted by molar-refractivity contribution is 6.30. The van der Waals surface area contributed by atoms with Crippen molar-refractivity contribution >= 4 is 11.6 Å². The first-order chi connectivity index (χ1) is 6.18. The standard InChI is InChI=1S/C11H12ClN/c1-9(2)4-3-5-11-8-10(12)6-7-13-11/h6-9H,4H2,1-2H3. The molecule has 1 aromatic heterocycles. The van der Waals surface area contributed by atoms with E-state index in [1.54, 1.807) is 18.3 Å². The smallest absolute Gasteiger partial charge is 0.114 e. The summed E-state index contributed by atoms with van der Waals surface area (Å²) in [7, 11) is 0. The molecule has 1 heterocycles. The molecule has 0 spiro atoms. The van der Waals surface area contributed by atoms with Gasteiger partial charge in [-0.1, -0.05) is 31.4 Å². The normalized spacial score (nSPS) is 9.54. The molecule has 0 fully saturated rings. The molecule has 13 heavy (non-hydrogen) atoms. The molecular formula is C11H12ClN. The average molecular weight is 194 g/mol. The van der Waals surface area contributed by atoms with Crippen LogP contribution in [0.25, 0.3) is 0 Å². The fraction of sp³-hybridized carbons (Fsp3) is 0.364. The lowest BCUT2D eigenvalue weighted by molar-refractivity contribution is 0.676. The van der Waals surface area contributed by atoms with Gasteiger partial charge in [-0.2, -0.15) is 0 Å². The molecule has 0 saturated heterocycles. The summed E-state index contributed by atoms with van der Waals surface area (Å²) in [5.74, 6) is 6.63. The van der Waals surface area contributed by atoms with Gasteiger partial charge in [0.25, 0.3) is 0 Å². The van der Waals surface area contributed by atoms with Gasteiger partial charge in [-0.3, -0.25) is 0 Å². The molecule has 1 nitrogen and oxygen atoms in total. The highest BCUT2D eigenvalue weighted by Crippen LogP contribution is 2.06. The first kappa shape index (κ1) is 10.1. The van der Waals surface area contributed by atoms with E-state index >= 15 is 0 Å². The highest BCUT2D eigenvalue weighted by Gasteiger charge is 1.90. The Morgan fingerprint density at radius 1 is 1.54 bits per heavy atom. The lowest BCUT2D eigenvalue weighted by Crippen LogP contribution is -1.84. The molecule has 0 radical (unpaired) electrons. The number of halogens is 1. The minimum absolute atomic E-state index is 0.603. The third-order valence-corrected chi connectivity index (χ3v) is 1.68. The van der Waals surface area contributed by atoms with Crippen molar-refractivity contribution in [2.75, 3.05) is 0 Å². The first-order valence-electron chi connectivity index (χ1n) is 4.29. The van der Waals surface area contributed by atoms with Crippen LogP contribution in [0.15, 0.2) is 18.3 Å². The molecule has 0 amide bonds. The van der Waals surface area contributed by atoms with Gasteiger partial charge in [0.05, 0.1) is 0 Å². The number of nitrogens with zero attached hydrogens (tertiary/aromatic N) is 1. The quantitative estimate of drug-likeness (QED) is 0.625. The van der Waals surface area contributed by atoms with E-state index in [4.69, 9.17) is 11.6 Å². The summed E-state index contributed by atoms with van der Waals surface area (Å²) in [6, 6.07) is 3.52. The summed E-state index contributed by atoms with van der Waals surface area (Å²) in [6.45, 7) is 4.28. The van der Waals surface area contributed by atoms with Gasteiger partial charge in [-0.15, -0.1) is 0 Å². The Balaban J connectivity index is 2.66. The van der Waals surface area contributed by atoms with Crippen molar-refractivity contribution in [3.05, 3.63) is 29.0 Å². The van der Waals surface area contributed by atoms with Crippen LogP contribution in [-0.2, 0) is 0 Å². The fourth-order valence-electron chi connectivity index (χ4n) is 0.819. The van der Waals surface area contributed by atoms with Crippen molar-refractivity contribution in [1.29, 1.82) is 0 Å². The lowest BCUT2D eigenvalue weighted by atomic mass is 10.1. The zero-order valence-electron chi connectivity index (χ0n) is 7.84. The number of aromatic nitrogens is 1. The van der Waals surface area contributed by atoms with Crippen molar-refractivity contribution < 1.29 is 0 Å². The van der Waals surface area contributed by atoms with E-state index in [0.717, 1.165) is 12.1 Å². The molecule has 0 bridgehead atoms. The van der Waals surface area contributed by atoms with Gasteiger partial charge in [-0.25, -0.2) is 4.98 Å². The van der Waals surface area contributed by atoms with Gasteiger partial charge in [0.2, 0.25) is 0 Å². The Morgan fingerprint density at radius 2 is 2.31 bits per heavy atom. The summed E-state index contributed by atoms with van der Waals surface area (Å²) in [4.78, 5) is 4.08. The highest BCUT2D eigenvalue weighted by atomic mass is 35.5. The molecule has 68 valence electrons. The van der Waals surface area contributed by atoms with Crippen LogP contribution in [0.5, 0.6) is 0 Å². The van der Waals surface area contributed by atoms with Gasteiger partial charge in [0.15, 0.2) is 0 Å². The van der Waals surface area contributed by atoms with Crippen molar-refractivity contribution in [2.45, 2.75) is 20.3 Å². The van der Waals surface area contributed by atoms with Crippen LogP contribution < -0.4 is 0 Å². The number of pyridine rings is 1. The number of hydrogen-bond donors (Lipinski definition) is 0. The molecule has 0 N–H and O–H groups in total. The van der Waals surface area contributed by atoms with Crippen LogP contribution in [0.2, 0.25) is 5.02 Å². The van der Waals surface area contributed by atoms with E-state index in [1.165, 1.54) is 0 Å². The number of rotatable bonds is 1. The van der Waals surface area contributed by atoms with Crippen LogP contribution in [0.4, 0.5) is 0 Å². The van der Waals surface area contributed by atoms with Gasteiger partial charge in [0.1, 0.15) is 5.69 Å². The predicted octanol–water partition coefficient (Wildman–Crippen LogP) is 3.13. The number of hydrogen-bond acceptors (Lipinski definition) is 1. The molecule has 0 aromatic carbocycles. The van der Waals surface area contributed by atoms with Gasteiger partial charge in [-0.05, 0) is 24.0 Å². The Labute approximate surface area is 84.1 Å². The van der Waals surface area contributed by atoms with Gasteiger partial charge < -0.3 is 0 Å². The molecule has 0 aliphatic rings. The Morgan fingerprint density at radius 3 is 2.92 bits per heavy atom. The summed E-state index contributed by atoms with van der Waals surface area (Å²) in [5.41, 5.74) is 0.744. The average Bonchev–Trinajstić information content (AvgIpc) is 2.03. The van der Waals surface area contributed by atoms with Crippen molar-refractivity contribution in [3.8, 4) is 11.8 Å². The van der Waals surface area contributed by atoms with Crippen molar-refractivity contribution in [3.63, 3.8) is 0 Å². The van der Waals surface area contributed by atoms with Crippen LogP contribution in [0, 0.1) is 17.8 Å². The van der Waals surface area contributed by atoms with E-state index in [1.807, 2.05) is 0 Å². The molecule has 1 rings (SSSR count). The summed E-state index contributed by atoms with van der Waals surface area (Å²) < 4.78 is 0. The maximum absolute atomic E-state index is 5.78. The summed E-state index contributed by atoms with van der Waals surface area (Å²) >= 11 is 5.78. The zero-order valence-corrected chi connectivity index (χ0v) is 8.60. The van der Waals surface area contributed by atoms with Gasteiger partial charge in [0, 0.05) is 17.6 Å². The Kier molecular flexibility index (Phi) is 3.79. The van der Waals surface area contributed by atoms with Crippen LogP contribution in [0.1, 0.15) is 26.0 Å². The molecular weight excluding hydrogens is 182 g/mol. The topological polar surface area (TPSA) is 12.9 Å². The fourth-order valence-corrected chi connectivity index (χ4v) is 0.979. The molecule has 1 aromatic rings. The third kappa shape index (κ3) is 3.96. The van der Waals surface area contributed by atoms with Crippen LogP contribution in [0.3, 0.4) is 0 Å². The van der Waals surface area contributed by atoms with Crippen LogP contribution >= 0.6 is 11.6 Å². The third-order valence-electron chi connectivity index (χ3n) is 1.45. The Bertz CT molecular complexity index is 333. The molecule has 0 aliphatic carbocycles. The molecule has 0 unspecified atom stereocenters. The van der Waals surface area contributed by atoms with E-state index in [2.05, 4.69) is 30.7 Å². The molecule has 0 saturated carbocycles. The van der Waals surface area contributed by atoms with E-state index in [9.17, 15) is 0 Å². The Hall–Kier alpha value is -1.00. The minimum atomic E-state index is 0.603.